The second-order valence-corrected chi connectivity index (χ2v) is 11.7. The monoisotopic (exact) mass is 506 g/mol. The maximum atomic E-state index is 13.3. The summed E-state index contributed by atoms with van der Waals surface area (Å²) in [5.74, 6) is -0.234. The lowest BCUT2D eigenvalue weighted by Gasteiger charge is -2.23. The molecule has 1 aromatic heterocycles. The molecule has 33 heavy (non-hydrogen) atoms. The zero-order chi connectivity index (χ0) is 23.4. The minimum absolute atomic E-state index is 0.0237. The molecule has 0 N–H and O–H groups in total. The summed E-state index contributed by atoms with van der Waals surface area (Å²) in [5.41, 5.74) is 2.07. The number of halogens is 1. The highest BCUT2D eigenvalue weighted by atomic mass is 35.5. The van der Waals surface area contributed by atoms with Crippen LogP contribution >= 0.6 is 22.9 Å². The number of hydrogen-bond donors (Lipinski definition) is 0. The van der Waals surface area contributed by atoms with Gasteiger partial charge in [0.2, 0.25) is 5.91 Å². The Morgan fingerprint density at radius 1 is 1.24 bits per heavy atom. The van der Waals surface area contributed by atoms with Gasteiger partial charge in [-0.25, -0.2) is 13.4 Å². The lowest BCUT2D eigenvalue weighted by molar-refractivity contribution is -0.119. The van der Waals surface area contributed by atoms with Crippen molar-refractivity contribution < 1.29 is 17.9 Å². The molecule has 0 aliphatic carbocycles. The van der Waals surface area contributed by atoms with Crippen LogP contribution in [0.3, 0.4) is 0 Å². The second-order valence-electron chi connectivity index (χ2n) is 8.13. The SMILES string of the molecule is CCc1cccc2sc(N(CC3CCCO3)C(=O)CCCS(=O)(=O)c3ccc(Cl)cc3)nc12. The Balaban J connectivity index is 1.50. The van der Waals surface area contributed by atoms with E-state index in [-0.39, 0.29) is 35.5 Å². The number of nitrogens with zero attached hydrogens (tertiary/aromatic N) is 2. The largest absolute Gasteiger partial charge is 0.376 e. The van der Waals surface area contributed by atoms with E-state index in [2.05, 4.69) is 13.0 Å². The third kappa shape index (κ3) is 5.74. The zero-order valence-electron chi connectivity index (χ0n) is 18.5. The minimum Gasteiger partial charge on any atom is -0.376 e. The number of carbonyl (C=O) groups excluding carboxylic acids is 1. The Labute approximate surface area is 203 Å². The zero-order valence-corrected chi connectivity index (χ0v) is 20.9. The van der Waals surface area contributed by atoms with E-state index in [0.29, 0.717) is 23.3 Å². The molecule has 2 heterocycles. The number of benzene rings is 2. The van der Waals surface area contributed by atoms with Gasteiger partial charge in [-0.1, -0.05) is 42.0 Å². The number of para-hydroxylation sites is 1. The molecule has 1 unspecified atom stereocenters. The summed E-state index contributed by atoms with van der Waals surface area (Å²) in [5, 5.41) is 1.13. The molecule has 6 nitrogen and oxygen atoms in total. The number of rotatable bonds is 9. The lowest BCUT2D eigenvalue weighted by Crippen LogP contribution is -2.37. The van der Waals surface area contributed by atoms with Gasteiger partial charge in [-0.05, 0) is 61.6 Å². The molecule has 3 aromatic rings. The number of thiazole rings is 1. The van der Waals surface area contributed by atoms with Gasteiger partial charge in [-0.3, -0.25) is 9.69 Å². The Kier molecular flexibility index (Phi) is 7.69. The number of sulfone groups is 1. The summed E-state index contributed by atoms with van der Waals surface area (Å²) in [6.07, 6.45) is 3.07. The summed E-state index contributed by atoms with van der Waals surface area (Å²) in [6, 6.07) is 12.2. The predicted molar refractivity (Wildman–Crippen MR) is 133 cm³/mol. The summed E-state index contributed by atoms with van der Waals surface area (Å²) in [6.45, 7) is 3.22. The first-order valence-electron chi connectivity index (χ1n) is 11.2. The number of ether oxygens (including phenoxy) is 1. The summed E-state index contributed by atoms with van der Waals surface area (Å²) in [7, 11) is -3.48. The number of aryl methyl sites for hydroxylation is 1. The molecule has 4 rings (SSSR count). The number of fused-ring (bicyclic) bond motifs is 1. The molecule has 0 saturated carbocycles. The van der Waals surface area contributed by atoms with E-state index in [4.69, 9.17) is 21.3 Å². The molecule has 2 aromatic carbocycles. The molecule has 9 heteroatoms. The fraction of sp³-hybridized carbons (Fsp3) is 0.417. The fourth-order valence-corrected chi connectivity index (χ4v) is 6.46. The van der Waals surface area contributed by atoms with Gasteiger partial charge in [0.05, 0.1) is 33.5 Å². The smallest absolute Gasteiger partial charge is 0.228 e. The van der Waals surface area contributed by atoms with E-state index in [9.17, 15) is 13.2 Å². The average Bonchev–Trinajstić information content (AvgIpc) is 3.47. The molecular formula is C24H27ClN2O4S2. The van der Waals surface area contributed by atoms with Gasteiger partial charge in [0, 0.05) is 18.1 Å². The molecule has 1 aliphatic heterocycles. The lowest BCUT2D eigenvalue weighted by atomic mass is 10.1. The fourth-order valence-electron chi connectivity index (χ4n) is 3.98. The highest BCUT2D eigenvalue weighted by Crippen LogP contribution is 2.32. The first kappa shape index (κ1) is 24.1. The molecule has 176 valence electrons. The molecule has 0 spiro atoms. The van der Waals surface area contributed by atoms with Crippen molar-refractivity contribution in [1.29, 1.82) is 0 Å². The number of anilines is 1. The van der Waals surface area contributed by atoms with Crippen LogP contribution in [0.15, 0.2) is 47.4 Å². The van der Waals surface area contributed by atoms with E-state index in [1.165, 1.54) is 23.5 Å². The van der Waals surface area contributed by atoms with Gasteiger partial charge >= 0.3 is 0 Å². The second kappa shape index (κ2) is 10.5. The van der Waals surface area contributed by atoms with Crippen LogP contribution in [0.25, 0.3) is 10.2 Å². The summed E-state index contributed by atoms with van der Waals surface area (Å²) < 4.78 is 32.1. The van der Waals surface area contributed by atoms with Crippen molar-refractivity contribution in [3.63, 3.8) is 0 Å². The van der Waals surface area contributed by atoms with Crippen LogP contribution in [-0.2, 0) is 25.8 Å². The van der Waals surface area contributed by atoms with E-state index >= 15 is 0 Å². The normalized spacial score (nSPS) is 16.4. The summed E-state index contributed by atoms with van der Waals surface area (Å²) in [4.78, 5) is 20.0. The molecule has 0 bridgehead atoms. The van der Waals surface area contributed by atoms with Crippen LogP contribution in [0.1, 0.15) is 38.2 Å². The highest BCUT2D eigenvalue weighted by molar-refractivity contribution is 7.91. The topological polar surface area (TPSA) is 76.6 Å². The standard InChI is InChI=1S/C24H27ClN2O4S2/c1-2-17-6-3-8-21-23(17)26-24(32-21)27(16-19-7-4-14-31-19)22(28)9-5-15-33(29,30)20-12-10-18(25)11-13-20/h3,6,8,10-13,19H,2,4-5,7,9,14-16H2,1H3. The molecule has 1 aliphatic rings. The van der Waals surface area contributed by atoms with E-state index < -0.39 is 9.84 Å². The molecular weight excluding hydrogens is 480 g/mol. The highest BCUT2D eigenvalue weighted by Gasteiger charge is 2.27. The van der Waals surface area contributed by atoms with Gasteiger partial charge in [0.1, 0.15) is 0 Å². The van der Waals surface area contributed by atoms with E-state index in [1.54, 1.807) is 17.0 Å². The van der Waals surface area contributed by atoms with Crippen LogP contribution in [0, 0.1) is 0 Å². The summed E-state index contributed by atoms with van der Waals surface area (Å²) >= 11 is 7.35. The van der Waals surface area contributed by atoms with Gasteiger partial charge in [0.25, 0.3) is 0 Å². The van der Waals surface area contributed by atoms with Gasteiger partial charge in [0.15, 0.2) is 15.0 Å². The number of amides is 1. The first-order valence-corrected chi connectivity index (χ1v) is 14.0. The quantitative estimate of drug-likeness (QED) is 0.394. The van der Waals surface area contributed by atoms with E-state index in [0.717, 1.165) is 35.0 Å². The van der Waals surface area contributed by atoms with Gasteiger partial charge in [-0.15, -0.1) is 0 Å². The molecule has 0 radical (unpaired) electrons. The number of aromatic nitrogens is 1. The van der Waals surface area contributed by atoms with Crippen molar-refractivity contribution in [3.8, 4) is 0 Å². The third-order valence-electron chi connectivity index (χ3n) is 5.79. The van der Waals surface area contributed by atoms with Crippen LogP contribution in [0.5, 0.6) is 0 Å². The van der Waals surface area contributed by atoms with Crippen molar-refractivity contribution in [3.05, 3.63) is 53.1 Å². The Bertz CT molecular complexity index is 1220. The first-order chi connectivity index (χ1) is 15.9. The van der Waals surface area contributed by atoms with Crippen molar-refractivity contribution in [2.24, 2.45) is 0 Å². The molecule has 1 amide bonds. The number of hydrogen-bond acceptors (Lipinski definition) is 6. The Hall–Kier alpha value is -2.00. The Morgan fingerprint density at radius 3 is 2.73 bits per heavy atom. The minimum atomic E-state index is -3.48. The van der Waals surface area contributed by atoms with Crippen LogP contribution in [0.2, 0.25) is 5.02 Å². The van der Waals surface area contributed by atoms with Crippen molar-refractivity contribution in [2.75, 3.05) is 23.8 Å². The maximum absolute atomic E-state index is 13.3. The average molecular weight is 507 g/mol. The van der Waals surface area contributed by atoms with Crippen molar-refractivity contribution in [1.82, 2.24) is 4.98 Å². The third-order valence-corrected chi connectivity index (χ3v) is 8.90. The molecule has 1 atom stereocenters. The van der Waals surface area contributed by atoms with Crippen LogP contribution in [-0.4, -0.2) is 44.3 Å². The molecule has 1 fully saturated rings. The van der Waals surface area contributed by atoms with Crippen LogP contribution < -0.4 is 4.90 Å². The van der Waals surface area contributed by atoms with Gasteiger partial charge in [-0.2, -0.15) is 0 Å². The predicted octanol–water partition coefficient (Wildman–Crippen LogP) is 5.28. The van der Waals surface area contributed by atoms with E-state index in [1.807, 2.05) is 12.1 Å². The number of carbonyl (C=O) groups is 1. The van der Waals surface area contributed by atoms with Crippen molar-refractivity contribution in [2.45, 2.75) is 50.0 Å². The van der Waals surface area contributed by atoms with Crippen LogP contribution in [0.4, 0.5) is 5.13 Å². The van der Waals surface area contributed by atoms with Crippen molar-refractivity contribution >= 4 is 54.0 Å². The van der Waals surface area contributed by atoms with Gasteiger partial charge < -0.3 is 4.74 Å². The molecule has 1 saturated heterocycles. The Morgan fingerprint density at radius 2 is 2.03 bits per heavy atom. The maximum Gasteiger partial charge on any atom is 0.228 e.